The van der Waals surface area contributed by atoms with E-state index in [0.717, 1.165) is 29.0 Å². The number of hydrogen-bond acceptors (Lipinski definition) is 4. The maximum Gasteiger partial charge on any atom is 0.271 e. The number of aromatic nitrogens is 4. The minimum absolute atomic E-state index is 0.0548. The van der Waals surface area contributed by atoms with E-state index >= 15 is 0 Å². The molecule has 8 nitrogen and oxygen atoms in total. The van der Waals surface area contributed by atoms with Crippen LogP contribution in [0, 0.1) is 0 Å². The van der Waals surface area contributed by atoms with Gasteiger partial charge in [0.05, 0.1) is 12.2 Å². The molecule has 1 N–H and O–H groups in total. The van der Waals surface area contributed by atoms with Gasteiger partial charge in [-0.2, -0.15) is 5.10 Å². The molecule has 8 heteroatoms. The number of hydrogen-bond donors (Lipinski definition) is 1. The molecule has 1 aliphatic rings. The zero-order valence-electron chi connectivity index (χ0n) is 14.8. The first kappa shape index (κ1) is 16.3. The maximum absolute atomic E-state index is 12.4. The van der Waals surface area contributed by atoms with Crippen molar-refractivity contribution < 1.29 is 9.59 Å². The molecule has 0 saturated heterocycles. The van der Waals surface area contributed by atoms with Gasteiger partial charge in [-0.1, -0.05) is 6.07 Å². The van der Waals surface area contributed by atoms with Crippen molar-refractivity contribution in [2.75, 3.05) is 6.54 Å². The van der Waals surface area contributed by atoms with Crippen LogP contribution in [0.25, 0.3) is 5.65 Å². The van der Waals surface area contributed by atoms with Gasteiger partial charge in [0, 0.05) is 57.1 Å². The molecule has 26 heavy (non-hydrogen) atoms. The Labute approximate surface area is 150 Å². The fraction of sp³-hybridized carbons (Fsp3) is 0.333. The summed E-state index contributed by atoms with van der Waals surface area (Å²) in [5, 5.41) is 7.42. The van der Waals surface area contributed by atoms with Crippen LogP contribution in [-0.4, -0.2) is 42.4 Å². The monoisotopic (exact) mass is 352 g/mol. The number of rotatable bonds is 3. The first-order chi connectivity index (χ1) is 12.5. The van der Waals surface area contributed by atoms with Crippen molar-refractivity contribution in [1.82, 2.24) is 29.4 Å². The van der Waals surface area contributed by atoms with Gasteiger partial charge >= 0.3 is 0 Å². The molecule has 4 heterocycles. The second kappa shape index (κ2) is 6.29. The lowest BCUT2D eigenvalue weighted by Gasteiger charge is -2.26. The summed E-state index contributed by atoms with van der Waals surface area (Å²) in [5.41, 5.74) is 4.05. The molecule has 0 atom stereocenters. The SMILES string of the molecule is CC(=O)N1CCc2c(c(CNC(=O)c3cn4ccccc4n3)nn2C)C1. The summed E-state index contributed by atoms with van der Waals surface area (Å²) in [6.45, 7) is 3.13. The summed E-state index contributed by atoms with van der Waals surface area (Å²) in [4.78, 5) is 30.3. The van der Waals surface area contributed by atoms with Gasteiger partial charge < -0.3 is 14.6 Å². The number of nitrogens with zero attached hydrogens (tertiary/aromatic N) is 5. The van der Waals surface area contributed by atoms with E-state index in [-0.39, 0.29) is 11.8 Å². The molecule has 3 aromatic rings. The molecule has 0 aliphatic carbocycles. The normalized spacial score (nSPS) is 13.7. The molecule has 0 radical (unpaired) electrons. The van der Waals surface area contributed by atoms with Crippen molar-refractivity contribution in [3.63, 3.8) is 0 Å². The van der Waals surface area contributed by atoms with Crippen LogP contribution in [-0.2, 0) is 31.4 Å². The zero-order valence-corrected chi connectivity index (χ0v) is 14.8. The fourth-order valence-corrected chi connectivity index (χ4v) is 3.38. The number of carbonyl (C=O) groups is 2. The van der Waals surface area contributed by atoms with Gasteiger partial charge in [-0.3, -0.25) is 14.3 Å². The summed E-state index contributed by atoms with van der Waals surface area (Å²) < 4.78 is 3.65. The topological polar surface area (TPSA) is 84.5 Å². The average Bonchev–Trinajstić information content (AvgIpc) is 3.21. The number of carbonyl (C=O) groups excluding carboxylic acids is 2. The number of amides is 2. The summed E-state index contributed by atoms with van der Waals surface area (Å²) in [5.74, 6) is -0.188. The minimum atomic E-state index is -0.243. The van der Waals surface area contributed by atoms with Gasteiger partial charge in [0.25, 0.3) is 5.91 Å². The van der Waals surface area contributed by atoms with E-state index in [0.29, 0.717) is 25.3 Å². The Hall–Kier alpha value is -3.16. The first-order valence-electron chi connectivity index (χ1n) is 8.54. The van der Waals surface area contributed by atoms with Crippen molar-refractivity contribution >= 4 is 17.5 Å². The van der Waals surface area contributed by atoms with Crippen LogP contribution in [0.15, 0.2) is 30.6 Å². The number of imidazole rings is 1. The van der Waals surface area contributed by atoms with Crippen LogP contribution in [0.1, 0.15) is 34.4 Å². The van der Waals surface area contributed by atoms with Crippen LogP contribution >= 0.6 is 0 Å². The Morgan fingerprint density at radius 3 is 2.92 bits per heavy atom. The Morgan fingerprint density at radius 1 is 1.31 bits per heavy atom. The molecule has 1 aliphatic heterocycles. The van der Waals surface area contributed by atoms with E-state index in [2.05, 4.69) is 15.4 Å². The van der Waals surface area contributed by atoms with Crippen LogP contribution in [0.5, 0.6) is 0 Å². The third kappa shape index (κ3) is 2.83. The Morgan fingerprint density at radius 2 is 2.15 bits per heavy atom. The van der Waals surface area contributed by atoms with Crippen molar-refractivity contribution in [3.05, 3.63) is 53.2 Å². The third-order valence-electron chi connectivity index (χ3n) is 4.78. The predicted molar refractivity (Wildman–Crippen MR) is 94.4 cm³/mol. The van der Waals surface area contributed by atoms with Gasteiger partial charge in [0.1, 0.15) is 11.3 Å². The van der Waals surface area contributed by atoms with Crippen LogP contribution in [0.3, 0.4) is 0 Å². The zero-order chi connectivity index (χ0) is 18.3. The Balaban J connectivity index is 1.51. The predicted octanol–water partition coefficient (Wildman–Crippen LogP) is 0.902. The average molecular weight is 352 g/mol. The second-order valence-corrected chi connectivity index (χ2v) is 6.46. The number of fused-ring (bicyclic) bond motifs is 2. The minimum Gasteiger partial charge on any atom is -0.345 e. The highest BCUT2D eigenvalue weighted by atomic mass is 16.2. The summed E-state index contributed by atoms with van der Waals surface area (Å²) in [6.07, 6.45) is 4.33. The highest BCUT2D eigenvalue weighted by Gasteiger charge is 2.25. The number of aryl methyl sites for hydroxylation is 1. The molecule has 0 fully saturated rings. The third-order valence-corrected chi connectivity index (χ3v) is 4.78. The number of nitrogens with one attached hydrogen (secondary N) is 1. The van der Waals surface area contributed by atoms with E-state index in [1.165, 1.54) is 0 Å². The van der Waals surface area contributed by atoms with E-state index in [1.807, 2.05) is 40.5 Å². The van der Waals surface area contributed by atoms with E-state index in [1.54, 1.807) is 18.0 Å². The highest BCUT2D eigenvalue weighted by molar-refractivity contribution is 5.92. The molecule has 134 valence electrons. The van der Waals surface area contributed by atoms with Gasteiger partial charge in [0.15, 0.2) is 0 Å². The molecule has 2 amide bonds. The largest absolute Gasteiger partial charge is 0.345 e. The van der Waals surface area contributed by atoms with E-state index < -0.39 is 0 Å². The lowest BCUT2D eigenvalue weighted by molar-refractivity contribution is -0.129. The molecule has 0 unspecified atom stereocenters. The van der Waals surface area contributed by atoms with Gasteiger partial charge in [-0.05, 0) is 12.1 Å². The molecular weight excluding hydrogens is 332 g/mol. The van der Waals surface area contributed by atoms with Crippen LogP contribution in [0.2, 0.25) is 0 Å². The van der Waals surface area contributed by atoms with E-state index in [4.69, 9.17) is 0 Å². The maximum atomic E-state index is 12.4. The first-order valence-corrected chi connectivity index (χ1v) is 8.54. The smallest absolute Gasteiger partial charge is 0.271 e. The van der Waals surface area contributed by atoms with Crippen molar-refractivity contribution in [2.45, 2.75) is 26.4 Å². The summed E-state index contributed by atoms with van der Waals surface area (Å²) in [7, 11) is 1.90. The van der Waals surface area contributed by atoms with Crippen molar-refractivity contribution in [3.8, 4) is 0 Å². The molecule has 4 rings (SSSR count). The molecular formula is C18H20N6O2. The lowest BCUT2D eigenvalue weighted by atomic mass is 10.0. The Kier molecular flexibility index (Phi) is 3.95. The molecule has 0 spiro atoms. The van der Waals surface area contributed by atoms with Gasteiger partial charge in [-0.25, -0.2) is 4.98 Å². The van der Waals surface area contributed by atoms with Crippen molar-refractivity contribution in [1.29, 1.82) is 0 Å². The summed E-state index contributed by atoms with van der Waals surface area (Å²) in [6, 6.07) is 5.62. The standard InChI is InChI=1S/C18H20N6O2/c1-12(25)23-8-6-16-13(10-23)14(21-22(16)2)9-19-18(26)15-11-24-7-4-3-5-17(24)20-15/h3-5,7,11H,6,8-10H2,1-2H3,(H,19,26). The lowest BCUT2D eigenvalue weighted by Crippen LogP contribution is -2.35. The summed E-state index contributed by atoms with van der Waals surface area (Å²) >= 11 is 0. The second-order valence-electron chi connectivity index (χ2n) is 6.46. The van der Waals surface area contributed by atoms with Crippen molar-refractivity contribution in [2.24, 2.45) is 7.05 Å². The van der Waals surface area contributed by atoms with E-state index in [9.17, 15) is 9.59 Å². The molecule has 3 aromatic heterocycles. The van der Waals surface area contributed by atoms with Crippen LogP contribution < -0.4 is 5.32 Å². The molecule has 0 saturated carbocycles. The molecule has 0 aromatic carbocycles. The molecule has 0 bridgehead atoms. The quantitative estimate of drug-likeness (QED) is 0.759. The number of pyridine rings is 1. The fourth-order valence-electron chi connectivity index (χ4n) is 3.38. The highest BCUT2D eigenvalue weighted by Crippen LogP contribution is 2.22. The van der Waals surface area contributed by atoms with Gasteiger partial charge in [-0.15, -0.1) is 0 Å². The van der Waals surface area contributed by atoms with Gasteiger partial charge in [0.2, 0.25) is 5.91 Å². The van der Waals surface area contributed by atoms with Crippen LogP contribution in [0.4, 0.5) is 0 Å². The Bertz CT molecular complexity index is 969.